The van der Waals surface area contributed by atoms with Crippen molar-refractivity contribution in [3.05, 3.63) is 262 Å². The van der Waals surface area contributed by atoms with Crippen LogP contribution < -0.4 is 48.6 Å². The standard InChI is InChI=1S/C32H37N7O2.C31H35N7O2.C30H33N7O2/c1-3-33-31(41)28-21-39(26-12-9-23-5-4-6-24(23)19-26)30-27(29(28)40)20-34-32(36-30)35-25-10-7-22(8-11-25)13-14-38-17-15-37(2)16-18-38;1-32-30(40)27-20-38(25-11-8-22-4-3-5-23(22)18-25)29-26(28(27)39)19-33-31(35-29)34-24-9-6-21(7-10-24)12-13-37-16-14-36(2)15-17-37;1-35-13-15-36(16-14-35)12-11-20-5-8-23(9-6-20)33-30-32-18-25-27(38)26(28(31)39)19-37(29(25)34-30)24-10-7-21-3-2-4-22(21)17-24/h7-12,19-21H,3-6,13-18H2,1-2H3,(H,33,41)(H,34,35,36);6-11,18-20H,3-5,12-17H2,1-2H3,(H,32,40)(H,33,34,35);5-10,17-19H,2-4,11-16H2,1H3,(H2,31,39)(H,32,33,34). The summed E-state index contributed by atoms with van der Waals surface area (Å²) in [5.41, 5.74) is 22.7. The van der Waals surface area contributed by atoms with Crippen LogP contribution in [0.25, 0.3) is 50.2 Å². The van der Waals surface area contributed by atoms with Crippen LogP contribution in [0, 0.1) is 0 Å². The third kappa shape index (κ3) is 18.9. The van der Waals surface area contributed by atoms with Crippen LogP contribution in [0.4, 0.5) is 34.9 Å². The maximum atomic E-state index is 13.3. The number of nitrogens with zero attached hydrogens (tertiary/aromatic N) is 15. The summed E-state index contributed by atoms with van der Waals surface area (Å²) in [4.78, 5) is 119. The number of anilines is 6. The quantitative estimate of drug-likeness (QED) is 0.0368. The van der Waals surface area contributed by atoms with E-state index in [1.54, 1.807) is 17.0 Å². The Labute approximate surface area is 697 Å². The molecule has 120 heavy (non-hydrogen) atoms. The lowest BCUT2D eigenvalue weighted by Gasteiger charge is -2.32. The molecule has 7 N–H and O–H groups in total. The van der Waals surface area contributed by atoms with E-state index in [2.05, 4.69) is 165 Å². The van der Waals surface area contributed by atoms with Gasteiger partial charge in [0.1, 0.15) is 16.7 Å². The normalized spacial score (nSPS) is 15.8. The number of primary amides is 1. The molecular formula is C93H105N21O6. The second-order valence-electron chi connectivity index (χ2n) is 32.4. The molecule has 0 radical (unpaired) electrons. The van der Waals surface area contributed by atoms with Crippen LogP contribution in [0.5, 0.6) is 0 Å². The van der Waals surface area contributed by atoms with E-state index < -0.39 is 23.2 Å². The van der Waals surface area contributed by atoms with Crippen LogP contribution in [-0.2, 0) is 57.8 Å². The maximum absolute atomic E-state index is 13.3. The number of hydrogen-bond donors (Lipinski definition) is 6. The molecule has 12 aromatic rings. The number of pyridine rings is 3. The lowest BCUT2D eigenvalue weighted by molar-refractivity contribution is 0.0949. The third-order valence-electron chi connectivity index (χ3n) is 24.2. The molecule has 6 aromatic heterocycles. The summed E-state index contributed by atoms with van der Waals surface area (Å²) in [5.74, 6) is -0.455. The van der Waals surface area contributed by atoms with E-state index in [0.29, 0.717) is 52.1 Å². The summed E-state index contributed by atoms with van der Waals surface area (Å²) in [7, 11) is 8.05. The van der Waals surface area contributed by atoms with Crippen molar-refractivity contribution in [1.29, 1.82) is 0 Å². The molecule has 27 nitrogen and oxygen atoms in total. The number of nitrogens with two attached hydrogens (primary N) is 1. The zero-order valence-corrected chi connectivity index (χ0v) is 69.1. The number of nitrogens with one attached hydrogen (secondary N) is 5. The van der Waals surface area contributed by atoms with E-state index >= 15 is 0 Å². The fourth-order valence-electron chi connectivity index (χ4n) is 16.8. The first-order valence-electron chi connectivity index (χ1n) is 42.2. The van der Waals surface area contributed by atoms with Crippen molar-refractivity contribution in [1.82, 2.24) is 83.6 Å². The molecule has 18 rings (SSSR count). The molecule has 0 spiro atoms. The fraction of sp³-hybridized carbons (Fsp3) is 0.355. The highest BCUT2D eigenvalue weighted by atomic mass is 16.2. The van der Waals surface area contributed by atoms with Crippen LogP contribution in [0.3, 0.4) is 0 Å². The van der Waals surface area contributed by atoms with Gasteiger partial charge in [-0.1, -0.05) is 54.6 Å². The molecule has 3 aliphatic carbocycles. The lowest BCUT2D eigenvalue weighted by atomic mass is 10.1. The molecule has 6 aliphatic rings. The van der Waals surface area contributed by atoms with E-state index in [1.807, 2.05) is 70.7 Å². The van der Waals surface area contributed by atoms with E-state index in [1.165, 1.54) is 81.9 Å². The maximum Gasteiger partial charge on any atom is 0.256 e. The molecule has 9 heterocycles. The van der Waals surface area contributed by atoms with Gasteiger partial charge in [0.2, 0.25) is 34.1 Å². The van der Waals surface area contributed by atoms with Gasteiger partial charge in [-0.2, -0.15) is 15.0 Å². The van der Waals surface area contributed by atoms with Gasteiger partial charge in [0.15, 0.2) is 16.9 Å². The summed E-state index contributed by atoms with van der Waals surface area (Å²) in [6, 6.07) is 43.8. The number of amides is 3. The highest BCUT2D eigenvalue weighted by Crippen LogP contribution is 2.31. The molecule has 27 heteroatoms. The van der Waals surface area contributed by atoms with Crippen molar-refractivity contribution >= 4 is 85.7 Å². The van der Waals surface area contributed by atoms with E-state index in [0.717, 1.165) is 209 Å². The Morgan fingerprint density at radius 1 is 0.383 bits per heavy atom. The van der Waals surface area contributed by atoms with Crippen molar-refractivity contribution in [2.45, 2.75) is 84.0 Å². The van der Waals surface area contributed by atoms with Gasteiger partial charge in [-0.3, -0.25) is 28.8 Å². The van der Waals surface area contributed by atoms with Gasteiger partial charge < -0.3 is 75.4 Å². The van der Waals surface area contributed by atoms with Crippen LogP contribution in [0.2, 0.25) is 0 Å². The molecule has 6 aromatic carbocycles. The predicted octanol–water partition coefficient (Wildman–Crippen LogP) is 9.62. The van der Waals surface area contributed by atoms with Gasteiger partial charge in [-0.05, 0) is 228 Å². The smallest absolute Gasteiger partial charge is 0.256 e. The van der Waals surface area contributed by atoms with Crippen LogP contribution in [0.1, 0.15) is 107 Å². The van der Waals surface area contributed by atoms with Crippen molar-refractivity contribution < 1.29 is 14.4 Å². The second-order valence-corrected chi connectivity index (χ2v) is 32.4. The van der Waals surface area contributed by atoms with E-state index in [4.69, 9.17) is 20.7 Å². The van der Waals surface area contributed by atoms with Crippen molar-refractivity contribution in [2.24, 2.45) is 5.73 Å². The monoisotopic (exact) mass is 1610 g/mol. The molecule has 3 saturated heterocycles. The van der Waals surface area contributed by atoms with Gasteiger partial charge in [0.25, 0.3) is 17.7 Å². The largest absolute Gasteiger partial charge is 0.365 e. The van der Waals surface area contributed by atoms with Crippen LogP contribution >= 0.6 is 0 Å². The zero-order chi connectivity index (χ0) is 82.9. The molecular weight excluding hydrogens is 1510 g/mol. The minimum Gasteiger partial charge on any atom is -0.365 e. The summed E-state index contributed by atoms with van der Waals surface area (Å²) < 4.78 is 5.44. The third-order valence-corrected chi connectivity index (χ3v) is 24.2. The number of piperazine rings is 3. The predicted molar refractivity (Wildman–Crippen MR) is 473 cm³/mol. The van der Waals surface area contributed by atoms with Gasteiger partial charge in [-0.15, -0.1) is 0 Å². The Kier molecular flexibility index (Phi) is 25.1. The molecule has 0 bridgehead atoms. The Morgan fingerprint density at radius 2 is 0.683 bits per heavy atom. The number of aromatic nitrogens is 9. The lowest BCUT2D eigenvalue weighted by Crippen LogP contribution is -2.45. The Balaban J connectivity index is 0.000000134. The molecule has 618 valence electrons. The Hall–Kier alpha value is -12.2. The van der Waals surface area contributed by atoms with Gasteiger partial charge in [0.05, 0.1) is 16.2 Å². The molecule has 0 unspecified atom stereocenters. The first-order chi connectivity index (χ1) is 58.4. The number of aryl methyl sites for hydroxylation is 6. The van der Waals surface area contributed by atoms with E-state index in [9.17, 15) is 28.8 Å². The number of fused-ring (bicyclic) bond motifs is 6. The molecule has 3 fully saturated rings. The molecule has 3 amide bonds. The van der Waals surface area contributed by atoms with Gasteiger partial charge in [-0.25, -0.2) is 15.0 Å². The number of benzene rings is 6. The summed E-state index contributed by atoms with van der Waals surface area (Å²) in [5, 5.41) is 16.0. The highest BCUT2D eigenvalue weighted by molar-refractivity contribution is 5.99. The van der Waals surface area contributed by atoms with Gasteiger partial charge >= 0.3 is 0 Å². The van der Waals surface area contributed by atoms with Crippen LogP contribution in [0.15, 0.2) is 179 Å². The molecule has 0 saturated carbocycles. The Morgan fingerprint density at radius 3 is 0.992 bits per heavy atom. The average Bonchev–Trinajstić information content (AvgIpc) is 1.09. The fourth-order valence-corrected chi connectivity index (χ4v) is 16.8. The summed E-state index contributed by atoms with van der Waals surface area (Å²) >= 11 is 0. The summed E-state index contributed by atoms with van der Waals surface area (Å²) in [6.07, 6.45) is 21.9. The highest BCUT2D eigenvalue weighted by Gasteiger charge is 2.26. The number of rotatable bonds is 22. The SMILES string of the molecule is CCNC(=O)c1cn(-c2ccc3c(c2)CCC3)c2nc(Nc3ccc(CCN4CCN(C)CC4)cc3)ncc2c1=O.CN1CCN(CCc2ccc(Nc3ncc4c(=O)c(C(N)=O)cn(-c5ccc6c(c5)CCC6)c4n3)cc2)CC1.CNC(=O)c1cn(-c2ccc3c(c2)CCC3)c2nc(Nc3ccc(CCN4CCN(C)CC4)cc3)ncc2c1=O. The van der Waals surface area contributed by atoms with Gasteiger partial charge in [0, 0.05) is 183 Å². The van der Waals surface area contributed by atoms with Crippen LogP contribution in [-0.4, -0.2) is 224 Å². The number of likely N-dealkylation sites (N-methyl/N-ethyl adjacent to an activating group) is 3. The Bertz CT molecular complexity index is 5970. The molecule has 0 atom stereocenters. The first-order valence-corrected chi connectivity index (χ1v) is 42.2. The number of hydrogen-bond acceptors (Lipinski definition) is 21. The van der Waals surface area contributed by atoms with E-state index in [-0.39, 0.29) is 32.9 Å². The minimum atomic E-state index is -0.772. The van der Waals surface area contributed by atoms with Crippen molar-refractivity contribution in [3.8, 4) is 17.1 Å². The minimum absolute atomic E-state index is 0.0620. The van der Waals surface area contributed by atoms with Crippen molar-refractivity contribution in [2.75, 3.05) is 149 Å². The molecule has 3 aliphatic heterocycles. The second kappa shape index (κ2) is 37.0. The average molecular weight is 1610 g/mol. The summed E-state index contributed by atoms with van der Waals surface area (Å²) in [6.45, 7) is 18.9. The number of carbonyl (C=O) groups is 3. The zero-order valence-electron chi connectivity index (χ0n) is 69.1. The topological polar surface area (TPSA) is 300 Å². The first kappa shape index (κ1) is 81.5. The number of carbonyl (C=O) groups excluding carboxylic acids is 3. The van der Waals surface area contributed by atoms with Crippen molar-refractivity contribution in [3.63, 3.8) is 0 Å².